The van der Waals surface area contributed by atoms with Crippen LogP contribution in [0, 0.1) is 22.7 Å². The number of benzene rings is 1. The third kappa shape index (κ3) is 5.86. The highest BCUT2D eigenvalue weighted by molar-refractivity contribution is 5.90. The van der Waals surface area contributed by atoms with Gasteiger partial charge in [-0.25, -0.2) is 4.79 Å². The molecular formula is C23H25N3O2. The molecule has 0 spiro atoms. The van der Waals surface area contributed by atoms with Crippen molar-refractivity contribution in [1.29, 1.82) is 10.5 Å². The van der Waals surface area contributed by atoms with Crippen molar-refractivity contribution in [3.8, 4) is 12.1 Å². The first-order valence-electron chi connectivity index (χ1n) is 9.59. The predicted octanol–water partition coefficient (Wildman–Crippen LogP) is 5.39. The van der Waals surface area contributed by atoms with Crippen LogP contribution < -0.4 is 4.90 Å². The third-order valence-electron chi connectivity index (χ3n) is 4.52. The first kappa shape index (κ1) is 21.0. The van der Waals surface area contributed by atoms with Crippen LogP contribution in [-0.2, 0) is 4.74 Å². The number of ether oxygens (including phenoxy) is 1. The van der Waals surface area contributed by atoms with Crippen LogP contribution in [0.4, 0.5) is 5.69 Å². The highest BCUT2D eigenvalue weighted by atomic mass is 16.5. The Kier molecular flexibility index (Phi) is 8.06. The van der Waals surface area contributed by atoms with E-state index in [9.17, 15) is 4.79 Å². The van der Waals surface area contributed by atoms with Gasteiger partial charge in [0.25, 0.3) is 0 Å². The van der Waals surface area contributed by atoms with Crippen LogP contribution in [0.2, 0.25) is 0 Å². The van der Waals surface area contributed by atoms with Gasteiger partial charge in [0.2, 0.25) is 0 Å². The number of carbonyl (C=O) groups excluding carboxylic acids is 1. The van der Waals surface area contributed by atoms with E-state index in [1.165, 1.54) is 19.3 Å². The lowest BCUT2D eigenvalue weighted by molar-refractivity contribution is 0.0319. The zero-order valence-electron chi connectivity index (χ0n) is 16.4. The third-order valence-corrected chi connectivity index (χ3v) is 4.52. The van der Waals surface area contributed by atoms with Crippen molar-refractivity contribution < 1.29 is 9.53 Å². The van der Waals surface area contributed by atoms with Crippen molar-refractivity contribution in [2.24, 2.45) is 0 Å². The van der Waals surface area contributed by atoms with Crippen LogP contribution in [0.1, 0.15) is 56.3 Å². The van der Waals surface area contributed by atoms with Crippen molar-refractivity contribution in [1.82, 2.24) is 0 Å². The van der Waals surface area contributed by atoms with Crippen LogP contribution in [-0.4, -0.2) is 12.1 Å². The molecule has 0 aliphatic carbocycles. The van der Waals surface area contributed by atoms with E-state index < -0.39 is 0 Å². The van der Waals surface area contributed by atoms with Crippen molar-refractivity contribution >= 4 is 11.7 Å². The molecule has 5 heteroatoms. The second-order valence-electron chi connectivity index (χ2n) is 6.70. The quantitative estimate of drug-likeness (QED) is 0.346. The minimum atomic E-state index is -0.308. The van der Waals surface area contributed by atoms with Gasteiger partial charge in [-0.3, -0.25) is 0 Å². The van der Waals surface area contributed by atoms with Gasteiger partial charge in [0.05, 0.1) is 11.7 Å². The standard InChI is InChI=1S/C23H25N3O2/c1-3-4-5-6-7-18(2)28-23(27)20-8-10-22(11-9-20)26-14-12-19(13-15-26)21(16-24)17-25/h8-15,18H,3-7H2,1-2H3/t18-/m1/s1. The molecule has 1 aromatic carbocycles. The summed E-state index contributed by atoms with van der Waals surface area (Å²) in [5.74, 6) is -0.308. The molecule has 0 aromatic heterocycles. The van der Waals surface area contributed by atoms with Crippen LogP contribution in [0.3, 0.4) is 0 Å². The molecule has 1 aliphatic rings. The van der Waals surface area contributed by atoms with E-state index in [4.69, 9.17) is 15.3 Å². The Labute approximate surface area is 166 Å². The van der Waals surface area contributed by atoms with Crippen LogP contribution >= 0.6 is 0 Å². The molecule has 0 radical (unpaired) electrons. The first-order valence-corrected chi connectivity index (χ1v) is 9.59. The predicted molar refractivity (Wildman–Crippen MR) is 109 cm³/mol. The Hall–Kier alpha value is -3.31. The smallest absolute Gasteiger partial charge is 0.338 e. The minimum absolute atomic E-state index is 0.0778. The Morgan fingerprint density at radius 3 is 2.29 bits per heavy atom. The zero-order chi connectivity index (χ0) is 20.4. The van der Waals surface area contributed by atoms with Gasteiger partial charge in [-0.05, 0) is 56.2 Å². The van der Waals surface area contributed by atoms with Crippen molar-refractivity contribution in [2.45, 2.75) is 52.1 Å². The molecule has 0 saturated carbocycles. The zero-order valence-corrected chi connectivity index (χ0v) is 16.4. The lowest BCUT2D eigenvalue weighted by atomic mass is 10.1. The maximum atomic E-state index is 12.3. The van der Waals surface area contributed by atoms with Gasteiger partial charge in [-0.1, -0.05) is 26.2 Å². The summed E-state index contributed by atoms with van der Waals surface area (Å²) in [5.41, 5.74) is 2.04. The van der Waals surface area contributed by atoms with Gasteiger partial charge in [-0.2, -0.15) is 10.5 Å². The van der Waals surface area contributed by atoms with E-state index >= 15 is 0 Å². The lowest BCUT2D eigenvalue weighted by Crippen LogP contribution is -2.15. The van der Waals surface area contributed by atoms with Gasteiger partial charge < -0.3 is 9.64 Å². The Morgan fingerprint density at radius 1 is 1.07 bits per heavy atom. The fourth-order valence-corrected chi connectivity index (χ4v) is 2.86. The summed E-state index contributed by atoms with van der Waals surface area (Å²) >= 11 is 0. The van der Waals surface area contributed by atoms with Crippen molar-refractivity contribution in [3.63, 3.8) is 0 Å². The molecule has 1 aliphatic heterocycles. The molecule has 0 N–H and O–H groups in total. The summed E-state index contributed by atoms with van der Waals surface area (Å²) in [6.45, 7) is 4.11. The normalized spacial score (nSPS) is 13.6. The minimum Gasteiger partial charge on any atom is -0.459 e. The van der Waals surface area contributed by atoms with Gasteiger partial charge in [0.1, 0.15) is 17.7 Å². The number of nitriles is 2. The molecule has 1 heterocycles. The van der Waals surface area contributed by atoms with E-state index in [2.05, 4.69) is 6.92 Å². The summed E-state index contributed by atoms with van der Waals surface area (Å²) in [5, 5.41) is 17.8. The Bertz CT molecular complexity index is 819. The highest BCUT2D eigenvalue weighted by Gasteiger charge is 2.13. The summed E-state index contributed by atoms with van der Waals surface area (Å²) in [4.78, 5) is 14.1. The molecule has 2 rings (SSSR count). The topological polar surface area (TPSA) is 77.1 Å². The van der Waals surface area contributed by atoms with E-state index in [-0.39, 0.29) is 17.6 Å². The van der Waals surface area contributed by atoms with Gasteiger partial charge >= 0.3 is 5.97 Å². The van der Waals surface area contributed by atoms with Crippen LogP contribution in [0.25, 0.3) is 0 Å². The van der Waals surface area contributed by atoms with Gasteiger partial charge in [0, 0.05) is 23.7 Å². The van der Waals surface area contributed by atoms with Crippen molar-refractivity contribution in [2.75, 3.05) is 4.90 Å². The lowest BCUT2D eigenvalue weighted by Gasteiger charge is -2.19. The number of unbranched alkanes of at least 4 members (excludes halogenated alkanes) is 3. The number of anilines is 1. The molecule has 0 unspecified atom stereocenters. The average molecular weight is 375 g/mol. The summed E-state index contributed by atoms with van der Waals surface area (Å²) in [6.07, 6.45) is 12.4. The largest absolute Gasteiger partial charge is 0.459 e. The van der Waals surface area contributed by atoms with Crippen LogP contribution in [0.15, 0.2) is 60.0 Å². The molecule has 0 bridgehead atoms. The number of allylic oxidation sites excluding steroid dienone is 4. The molecule has 1 aromatic rings. The molecule has 5 nitrogen and oxygen atoms in total. The number of carbonyl (C=O) groups is 1. The van der Waals surface area contributed by atoms with Crippen LogP contribution in [0.5, 0.6) is 0 Å². The van der Waals surface area contributed by atoms with Gasteiger partial charge in [-0.15, -0.1) is 0 Å². The molecule has 28 heavy (non-hydrogen) atoms. The second-order valence-corrected chi connectivity index (χ2v) is 6.70. The summed E-state index contributed by atoms with van der Waals surface area (Å²) < 4.78 is 5.52. The molecule has 0 amide bonds. The van der Waals surface area contributed by atoms with E-state index in [0.717, 1.165) is 18.5 Å². The number of hydrogen-bond acceptors (Lipinski definition) is 5. The molecule has 0 saturated heterocycles. The fourth-order valence-electron chi connectivity index (χ4n) is 2.86. The molecular weight excluding hydrogens is 350 g/mol. The fraction of sp³-hybridized carbons (Fsp3) is 0.348. The monoisotopic (exact) mass is 375 g/mol. The Balaban J connectivity index is 1.94. The average Bonchev–Trinajstić information content (AvgIpc) is 2.73. The molecule has 1 atom stereocenters. The first-order chi connectivity index (χ1) is 13.6. The van der Waals surface area contributed by atoms with Crippen molar-refractivity contribution in [3.05, 3.63) is 65.5 Å². The van der Waals surface area contributed by atoms with Gasteiger partial charge in [0.15, 0.2) is 0 Å². The maximum Gasteiger partial charge on any atom is 0.338 e. The van der Waals surface area contributed by atoms with E-state index in [1.54, 1.807) is 36.7 Å². The highest BCUT2D eigenvalue weighted by Crippen LogP contribution is 2.22. The molecule has 0 fully saturated rings. The summed E-state index contributed by atoms with van der Waals surface area (Å²) in [6, 6.07) is 10.9. The number of esters is 1. The second kappa shape index (κ2) is 10.7. The number of rotatable bonds is 8. The number of nitrogens with zero attached hydrogens (tertiary/aromatic N) is 3. The van der Waals surface area contributed by atoms with E-state index in [0.29, 0.717) is 11.1 Å². The molecule has 144 valence electrons. The summed E-state index contributed by atoms with van der Waals surface area (Å²) in [7, 11) is 0. The van der Waals surface area contributed by atoms with E-state index in [1.807, 2.05) is 36.1 Å². The number of hydrogen-bond donors (Lipinski definition) is 0. The maximum absolute atomic E-state index is 12.3. The Morgan fingerprint density at radius 2 is 1.71 bits per heavy atom. The SMILES string of the molecule is CCCCCC[C@@H](C)OC(=O)c1ccc(N2C=CC(=C(C#N)C#N)C=C2)cc1.